The Labute approximate surface area is 144 Å². The third kappa shape index (κ3) is 4.75. The standard InChI is InChI=1S/C22H38O/c1-8-11-12-20-21(23)14-13-19(17(6)15(4)9-2)22(20)18(7)16(5)10-3/h13-18,23H,8-12H2,1-7H3. The Morgan fingerprint density at radius 2 is 1.43 bits per heavy atom. The smallest absolute Gasteiger partial charge is 0.119 e. The molecular formula is C22H38O. The van der Waals surface area contributed by atoms with E-state index in [1.807, 2.05) is 6.07 Å². The van der Waals surface area contributed by atoms with E-state index in [1.165, 1.54) is 36.0 Å². The Morgan fingerprint density at radius 1 is 0.870 bits per heavy atom. The summed E-state index contributed by atoms with van der Waals surface area (Å²) in [6.45, 7) is 16.2. The molecule has 0 bridgehead atoms. The van der Waals surface area contributed by atoms with Crippen molar-refractivity contribution in [3.8, 4) is 5.75 Å². The van der Waals surface area contributed by atoms with E-state index in [0.29, 0.717) is 29.4 Å². The molecule has 4 atom stereocenters. The fourth-order valence-corrected chi connectivity index (χ4v) is 3.52. The van der Waals surface area contributed by atoms with Gasteiger partial charge in [0.25, 0.3) is 0 Å². The first-order valence-corrected chi connectivity index (χ1v) is 9.73. The highest BCUT2D eigenvalue weighted by atomic mass is 16.3. The molecule has 0 amide bonds. The molecule has 0 aliphatic carbocycles. The number of rotatable bonds is 9. The highest BCUT2D eigenvalue weighted by Gasteiger charge is 2.25. The Balaban J connectivity index is 3.44. The van der Waals surface area contributed by atoms with E-state index in [0.717, 1.165) is 12.8 Å². The molecule has 23 heavy (non-hydrogen) atoms. The zero-order valence-corrected chi connectivity index (χ0v) is 16.4. The third-order valence-electron chi connectivity index (χ3n) is 6.09. The molecule has 0 aromatic heterocycles. The number of hydrogen-bond donors (Lipinski definition) is 1. The van der Waals surface area contributed by atoms with Gasteiger partial charge in [-0.2, -0.15) is 0 Å². The van der Waals surface area contributed by atoms with Gasteiger partial charge in [-0.05, 0) is 59.3 Å². The van der Waals surface area contributed by atoms with Crippen LogP contribution in [0.5, 0.6) is 5.75 Å². The molecule has 1 aromatic rings. The molecule has 0 spiro atoms. The fraction of sp³-hybridized carbons (Fsp3) is 0.727. The fourth-order valence-electron chi connectivity index (χ4n) is 3.52. The Kier molecular flexibility index (Phi) is 8.16. The average Bonchev–Trinajstić information content (AvgIpc) is 2.57. The summed E-state index contributed by atoms with van der Waals surface area (Å²) in [6, 6.07) is 4.13. The molecule has 0 radical (unpaired) electrons. The van der Waals surface area contributed by atoms with Crippen molar-refractivity contribution < 1.29 is 5.11 Å². The van der Waals surface area contributed by atoms with Crippen molar-refractivity contribution in [1.29, 1.82) is 0 Å². The van der Waals surface area contributed by atoms with Crippen molar-refractivity contribution in [2.24, 2.45) is 11.8 Å². The number of aromatic hydroxyl groups is 1. The van der Waals surface area contributed by atoms with Gasteiger partial charge < -0.3 is 5.11 Å². The second-order valence-electron chi connectivity index (χ2n) is 7.52. The molecule has 0 heterocycles. The van der Waals surface area contributed by atoms with Gasteiger partial charge in [-0.15, -0.1) is 0 Å². The molecule has 1 nitrogen and oxygen atoms in total. The largest absolute Gasteiger partial charge is 0.508 e. The predicted octanol–water partition coefficient (Wildman–Crippen LogP) is 7.03. The monoisotopic (exact) mass is 318 g/mol. The molecule has 4 unspecified atom stereocenters. The van der Waals surface area contributed by atoms with Crippen molar-refractivity contribution >= 4 is 0 Å². The van der Waals surface area contributed by atoms with Crippen molar-refractivity contribution in [3.63, 3.8) is 0 Å². The molecule has 1 rings (SSSR count). The minimum Gasteiger partial charge on any atom is -0.508 e. The lowest BCUT2D eigenvalue weighted by molar-refractivity contribution is 0.430. The second-order valence-corrected chi connectivity index (χ2v) is 7.52. The molecule has 1 heteroatoms. The van der Waals surface area contributed by atoms with E-state index in [1.54, 1.807) is 0 Å². The molecule has 0 saturated carbocycles. The molecule has 0 aliphatic rings. The van der Waals surface area contributed by atoms with Crippen LogP contribution in [-0.4, -0.2) is 5.11 Å². The van der Waals surface area contributed by atoms with Crippen molar-refractivity contribution in [3.05, 3.63) is 28.8 Å². The lowest BCUT2D eigenvalue weighted by atomic mass is 9.75. The van der Waals surface area contributed by atoms with Crippen LogP contribution in [0, 0.1) is 11.8 Å². The van der Waals surface area contributed by atoms with Gasteiger partial charge in [-0.25, -0.2) is 0 Å². The summed E-state index contributed by atoms with van der Waals surface area (Å²) in [5.74, 6) is 2.85. The predicted molar refractivity (Wildman–Crippen MR) is 102 cm³/mol. The van der Waals surface area contributed by atoms with Gasteiger partial charge in [-0.1, -0.05) is 73.8 Å². The number of phenolic OH excluding ortho intramolecular Hbond substituents is 1. The Hall–Kier alpha value is -0.980. The zero-order chi connectivity index (χ0) is 17.6. The van der Waals surface area contributed by atoms with Crippen LogP contribution in [0.1, 0.15) is 103 Å². The highest BCUT2D eigenvalue weighted by molar-refractivity contribution is 5.48. The molecule has 0 aliphatic heterocycles. The first-order chi connectivity index (χ1) is 10.9. The number of phenols is 1. The first kappa shape index (κ1) is 20.1. The molecule has 1 N–H and O–H groups in total. The van der Waals surface area contributed by atoms with Crippen LogP contribution in [0.15, 0.2) is 12.1 Å². The van der Waals surface area contributed by atoms with E-state index in [2.05, 4.69) is 54.5 Å². The van der Waals surface area contributed by atoms with Gasteiger partial charge in [0.05, 0.1) is 0 Å². The SMILES string of the molecule is CCCCc1c(O)ccc(C(C)C(C)CC)c1C(C)C(C)CC. The summed E-state index contributed by atoms with van der Waals surface area (Å²) in [5.41, 5.74) is 4.13. The number of hydrogen-bond acceptors (Lipinski definition) is 1. The van der Waals surface area contributed by atoms with Crippen LogP contribution in [0.4, 0.5) is 0 Å². The summed E-state index contributed by atoms with van der Waals surface area (Å²) in [4.78, 5) is 0. The van der Waals surface area contributed by atoms with Gasteiger partial charge in [0.1, 0.15) is 5.75 Å². The summed E-state index contributed by atoms with van der Waals surface area (Å²) in [6.07, 6.45) is 5.70. The van der Waals surface area contributed by atoms with E-state index in [-0.39, 0.29) is 0 Å². The molecule has 0 saturated heterocycles. The van der Waals surface area contributed by atoms with Crippen molar-refractivity contribution in [1.82, 2.24) is 0 Å². The van der Waals surface area contributed by atoms with E-state index in [9.17, 15) is 5.11 Å². The minimum absolute atomic E-state index is 0.500. The number of benzene rings is 1. The average molecular weight is 319 g/mol. The van der Waals surface area contributed by atoms with Gasteiger partial charge in [-0.3, -0.25) is 0 Å². The maximum Gasteiger partial charge on any atom is 0.119 e. The normalized spacial score (nSPS) is 16.8. The van der Waals surface area contributed by atoms with Gasteiger partial charge >= 0.3 is 0 Å². The highest BCUT2D eigenvalue weighted by Crippen LogP contribution is 2.41. The topological polar surface area (TPSA) is 20.2 Å². The lowest BCUT2D eigenvalue weighted by Crippen LogP contribution is -2.15. The molecule has 0 fully saturated rings. The second kappa shape index (κ2) is 9.35. The maximum atomic E-state index is 10.5. The molecule has 1 aromatic carbocycles. The number of unbranched alkanes of at least 4 members (excludes halogenated alkanes) is 1. The van der Waals surface area contributed by atoms with Crippen LogP contribution in [0.3, 0.4) is 0 Å². The van der Waals surface area contributed by atoms with Gasteiger partial charge in [0.15, 0.2) is 0 Å². The Bertz CT molecular complexity index is 477. The van der Waals surface area contributed by atoms with E-state index in [4.69, 9.17) is 0 Å². The van der Waals surface area contributed by atoms with Crippen LogP contribution in [0.25, 0.3) is 0 Å². The summed E-state index contributed by atoms with van der Waals surface area (Å²) < 4.78 is 0. The minimum atomic E-state index is 0.500. The van der Waals surface area contributed by atoms with Gasteiger partial charge in [0.2, 0.25) is 0 Å². The van der Waals surface area contributed by atoms with Crippen LogP contribution < -0.4 is 0 Å². The van der Waals surface area contributed by atoms with E-state index < -0.39 is 0 Å². The lowest BCUT2D eigenvalue weighted by Gasteiger charge is -2.30. The van der Waals surface area contributed by atoms with E-state index >= 15 is 0 Å². The Morgan fingerprint density at radius 3 is 1.96 bits per heavy atom. The summed E-state index contributed by atoms with van der Waals surface area (Å²) in [7, 11) is 0. The maximum absolute atomic E-state index is 10.5. The molecular weight excluding hydrogens is 280 g/mol. The first-order valence-electron chi connectivity index (χ1n) is 9.73. The third-order valence-corrected chi connectivity index (χ3v) is 6.09. The quantitative estimate of drug-likeness (QED) is 0.518. The van der Waals surface area contributed by atoms with Crippen molar-refractivity contribution in [2.75, 3.05) is 0 Å². The van der Waals surface area contributed by atoms with Crippen LogP contribution >= 0.6 is 0 Å². The van der Waals surface area contributed by atoms with Gasteiger partial charge in [0, 0.05) is 0 Å². The summed E-state index contributed by atoms with van der Waals surface area (Å²) >= 11 is 0. The zero-order valence-electron chi connectivity index (χ0n) is 16.4. The summed E-state index contributed by atoms with van der Waals surface area (Å²) in [5, 5.41) is 10.5. The van der Waals surface area contributed by atoms with Crippen molar-refractivity contribution in [2.45, 2.75) is 92.4 Å². The molecule has 132 valence electrons. The van der Waals surface area contributed by atoms with Crippen LogP contribution in [0.2, 0.25) is 0 Å². The van der Waals surface area contributed by atoms with Crippen LogP contribution in [-0.2, 0) is 6.42 Å².